The van der Waals surface area contributed by atoms with Gasteiger partial charge in [-0.05, 0) is 65.1 Å². The van der Waals surface area contributed by atoms with Crippen molar-refractivity contribution in [3.05, 3.63) is 61.6 Å². The van der Waals surface area contributed by atoms with Crippen molar-refractivity contribution >= 4 is 67.7 Å². The fraction of sp³-hybridized carbons (Fsp3) is 0.0625. The minimum absolute atomic E-state index is 0.0358. The van der Waals surface area contributed by atoms with Gasteiger partial charge < -0.3 is 4.74 Å². The number of halogens is 2. The first-order chi connectivity index (χ1) is 11.9. The summed E-state index contributed by atoms with van der Waals surface area (Å²) in [6, 6.07) is 12.1. The summed E-state index contributed by atoms with van der Waals surface area (Å²) in [4.78, 5) is 24.4. The zero-order chi connectivity index (χ0) is 18.4. The molecule has 0 fully saturated rings. The zero-order valence-corrected chi connectivity index (χ0v) is 17.5. The number of amides is 2. The van der Waals surface area contributed by atoms with Crippen molar-refractivity contribution in [1.82, 2.24) is 16.2 Å². The van der Waals surface area contributed by atoms with Crippen molar-refractivity contribution in [2.45, 2.75) is 0 Å². The molecule has 0 aliphatic heterocycles. The monoisotopic (exact) mass is 533 g/mol. The molecule has 3 N–H and O–H groups in total. The Morgan fingerprint density at radius 1 is 1.08 bits per heavy atom. The first-order valence-electron chi connectivity index (χ1n) is 6.92. The number of methoxy groups -OCH3 is 1. The number of rotatable bonds is 3. The third-order valence-corrected chi connectivity index (χ3v) is 4.68. The maximum atomic E-state index is 12.3. The van der Waals surface area contributed by atoms with Crippen LogP contribution in [0.15, 0.2) is 46.9 Å². The Morgan fingerprint density at radius 2 is 1.80 bits per heavy atom. The van der Waals surface area contributed by atoms with E-state index in [1.54, 1.807) is 30.3 Å². The molecule has 6 nitrogen and oxygen atoms in total. The van der Waals surface area contributed by atoms with Gasteiger partial charge in [-0.25, -0.2) is 0 Å². The number of benzene rings is 2. The summed E-state index contributed by atoms with van der Waals surface area (Å²) >= 11 is 10.4. The lowest BCUT2D eigenvalue weighted by Crippen LogP contribution is -2.48. The van der Waals surface area contributed by atoms with Crippen LogP contribution in [0.25, 0.3) is 0 Å². The van der Waals surface area contributed by atoms with Crippen molar-refractivity contribution in [3.8, 4) is 5.75 Å². The van der Waals surface area contributed by atoms with Crippen LogP contribution in [0.5, 0.6) is 5.75 Å². The quantitative estimate of drug-likeness (QED) is 0.321. The first-order valence-corrected chi connectivity index (χ1v) is 9.20. The number of hydrogen-bond acceptors (Lipinski definition) is 4. The van der Waals surface area contributed by atoms with Crippen molar-refractivity contribution in [2.24, 2.45) is 0 Å². The van der Waals surface area contributed by atoms with Crippen LogP contribution in [-0.4, -0.2) is 24.0 Å². The second-order valence-corrected chi connectivity index (χ2v) is 7.17. The van der Waals surface area contributed by atoms with Crippen LogP contribution in [0.1, 0.15) is 20.7 Å². The number of carbonyl (C=O) groups is 2. The number of nitrogens with one attached hydrogen (secondary N) is 3. The van der Waals surface area contributed by atoms with E-state index in [9.17, 15) is 9.59 Å². The van der Waals surface area contributed by atoms with Gasteiger partial charge in [0, 0.05) is 8.04 Å². The summed E-state index contributed by atoms with van der Waals surface area (Å²) in [5.41, 5.74) is 5.76. The molecule has 0 radical (unpaired) electrons. The Kier molecular flexibility index (Phi) is 7.14. The van der Waals surface area contributed by atoms with Gasteiger partial charge in [0.1, 0.15) is 5.75 Å². The summed E-state index contributed by atoms with van der Waals surface area (Å²) in [7, 11) is 1.47. The molecule has 0 heterocycles. The van der Waals surface area contributed by atoms with Crippen molar-refractivity contribution in [2.75, 3.05) is 7.11 Å². The average Bonchev–Trinajstić information content (AvgIpc) is 2.60. The minimum Gasteiger partial charge on any atom is -0.496 e. The Hall–Kier alpha value is -1.72. The summed E-state index contributed by atoms with van der Waals surface area (Å²) in [6.45, 7) is 0. The average molecular weight is 534 g/mol. The molecule has 2 rings (SSSR count). The van der Waals surface area contributed by atoms with E-state index in [2.05, 4.69) is 54.7 Å². The largest absolute Gasteiger partial charge is 0.496 e. The molecule has 0 unspecified atom stereocenters. The lowest BCUT2D eigenvalue weighted by Gasteiger charge is -2.13. The minimum atomic E-state index is -0.459. The second kappa shape index (κ2) is 9.11. The van der Waals surface area contributed by atoms with Gasteiger partial charge in [-0.1, -0.05) is 28.1 Å². The van der Waals surface area contributed by atoms with Gasteiger partial charge >= 0.3 is 0 Å². The Balaban J connectivity index is 1.96. The van der Waals surface area contributed by atoms with Crippen molar-refractivity contribution in [1.29, 1.82) is 0 Å². The van der Waals surface area contributed by atoms with Crippen LogP contribution >= 0.6 is 50.7 Å². The Morgan fingerprint density at radius 3 is 2.48 bits per heavy atom. The lowest BCUT2D eigenvalue weighted by molar-refractivity contribution is 0.0933. The standard InChI is InChI=1S/C16H13BrIN3O3S/c1-24-13-7-6-9(17)8-11(13)14(22)19-16(25)21-20-15(23)10-4-2-3-5-12(10)18/h2-8H,1H3,(H,20,23)(H2,19,21,22,25). The SMILES string of the molecule is COc1ccc(Br)cc1C(=O)NC(=S)NNC(=O)c1ccccc1I. The van der Waals surface area contributed by atoms with E-state index in [1.807, 2.05) is 12.1 Å². The second-order valence-electron chi connectivity index (χ2n) is 4.69. The van der Waals surface area contributed by atoms with Crippen LogP contribution in [0, 0.1) is 3.57 Å². The lowest BCUT2D eigenvalue weighted by atomic mass is 10.2. The van der Waals surface area contributed by atoms with Gasteiger partial charge in [0.25, 0.3) is 11.8 Å². The highest BCUT2D eigenvalue weighted by atomic mass is 127. The molecule has 0 saturated carbocycles. The van der Waals surface area contributed by atoms with Gasteiger partial charge in [-0.15, -0.1) is 0 Å². The number of hydrazine groups is 1. The number of thiocarbonyl (C=S) groups is 1. The predicted molar refractivity (Wildman–Crippen MR) is 111 cm³/mol. The molecule has 2 aromatic carbocycles. The molecule has 9 heteroatoms. The molecule has 130 valence electrons. The highest BCUT2D eigenvalue weighted by Gasteiger charge is 2.15. The summed E-state index contributed by atoms with van der Waals surface area (Å²) in [5.74, 6) is -0.410. The van der Waals surface area contributed by atoms with Gasteiger partial charge in [-0.3, -0.25) is 25.8 Å². The molecule has 0 spiro atoms. The molecule has 0 aliphatic carbocycles. The highest BCUT2D eigenvalue weighted by Crippen LogP contribution is 2.22. The van der Waals surface area contributed by atoms with Crippen LogP contribution in [0.2, 0.25) is 0 Å². The number of ether oxygens (including phenoxy) is 1. The van der Waals surface area contributed by atoms with Crippen LogP contribution in [0.4, 0.5) is 0 Å². The van der Waals surface area contributed by atoms with Crippen LogP contribution in [0.3, 0.4) is 0 Å². The van der Waals surface area contributed by atoms with E-state index in [0.717, 1.165) is 8.04 Å². The molecule has 0 aliphatic rings. The van der Waals surface area contributed by atoms with Crippen molar-refractivity contribution < 1.29 is 14.3 Å². The van der Waals surface area contributed by atoms with E-state index in [4.69, 9.17) is 17.0 Å². The summed E-state index contributed by atoms with van der Waals surface area (Å²) in [5, 5.41) is 2.45. The first kappa shape index (κ1) is 19.6. The van der Waals surface area contributed by atoms with Gasteiger partial charge in [0.05, 0.1) is 18.2 Å². The molecule has 25 heavy (non-hydrogen) atoms. The zero-order valence-electron chi connectivity index (χ0n) is 12.9. The normalized spacial score (nSPS) is 9.88. The summed E-state index contributed by atoms with van der Waals surface area (Å²) in [6.07, 6.45) is 0. The fourth-order valence-electron chi connectivity index (χ4n) is 1.89. The molecule has 0 saturated heterocycles. The topological polar surface area (TPSA) is 79.5 Å². The smallest absolute Gasteiger partial charge is 0.270 e. The molecule has 0 aromatic heterocycles. The van der Waals surface area contributed by atoms with Gasteiger partial charge in [-0.2, -0.15) is 0 Å². The number of hydrogen-bond donors (Lipinski definition) is 3. The predicted octanol–water partition coefficient (Wildman–Crippen LogP) is 3.01. The van der Waals surface area contributed by atoms with Crippen LogP contribution in [-0.2, 0) is 0 Å². The van der Waals surface area contributed by atoms with Crippen LogP contribution < -0.4 is 20.9 Å². The molecule has 0 atom stereocenters. The van der Waals surface area contributed by atoms with E-state index in [0.29, 0.717) is 16.9 Å². The molecule has 2 aromatic rings. The Labute approximate surface area is 171 Å². The molecular weight excluding hydrogens is 521 g/mol. The molecule has 0 bridgehead atoms. The van der Waals surface area contributed by atoms with E-state index >= 15 is 0 Å². The summed E-state index contributed by atoms with van der Waals surface area (Å²) < 4.78 is 6.68. The third-order valence-electron chi connectivity index (χ3n) is 3.04. The van der Waals surface area contributed by atoms with Crippen molar-refractivity contribution in [3.63, 3.8) is 0 Å². The van der Waals surface area contributed by atoms with E-state index in [-0.39, 0.29) is 11.0 Å². The number of carbonyl (C=O) groups excluding carboxylic acids is 2. The third kappa shape index (κ3) is 5.38. The Bertz CT molecular complexity index is 832. The maximum absolute atomic E-state index is 12.3. The van der Waals surface area contributed by atoms with E-state index in [1.165, 1.54) is 7.11 Å². The fourth-order valence-corrected chi connectivity index (χ4v) is 3.02. The molecule has 2 amide bonds. The maximum Gasteiger partial charge on any atom is 0.270 e. The van der Waals surface area contributed by atoms with Gasteiger partial charge in [0.15, 0.2) is 5.11 Å². The van der Waals surface area contributed by atoms with E-state index < -0.39 is 5.91 Å². The molecular formula is C16H13BrIN3O3S. The highest BCUT2D eigenvalue weighted by molar-refractivity contribution is 14.1. The van der Waals surface area contributed by atoms with Gasteiger partial charge in [0.2, 0.25) is 0 Å².